The Morgan fingerprint density at radius 1 is 1.64 bits per heavy atom. The molecular weight excluding hydrogens is 143 g/mol. The van der Waals surface area contributed by atoms with E-state index in [1.165, 1.54) is 6.07 Å². The molecule has 2 N–H and O–H groups in total. The molecule has 11 heavy (non-hydrogen) atoms. The summed E-state index contributed by atoms with van der Waals surface area (Å²) in [6.07, 6.45) is 2.15. The maximum atomic E-state index is 12.9. The van der Waals surface area contributed by atoms with Gasteiger partial charge in [0, 0.05) is 12.6 Å². The normalized spacial score (nSPS) is 10.1. The minimum atomic E-state index is -0.254. The third kappa shape index (κ3) is 1.98. The van der Waals surface area contributed by atoms with Crippen LogP contribution in [0.4, 0.5) is 4.39 Å². The number of rotatable bonds is 2. The van der Waals surface area contributed by atoms with Gasteiger partial charge in [-0.2, -0.15) is 0 Å². The summed E-state index contributed by atoms with van der Waals surface area (Å²) in [5.74, 6) is -0.254. The quantitative estimate of drug-likeness (QED) is 0.691. The maximum Gasteiger partial charge on any atom is 0.144 e. The van der Waals surface area contributed by atoms with Gasteiger partial charge in [-0.3, -0.25) is 4.98 Å². The standard InChI is InChI=1S/C8H11FN2/c1-6-4-7(9)8(2-3-10)11-5-6/h4-5H,2-3,10H2,1H3. The van der Waals surface area contributed by atoms with Gasteiger partial charge >= 0.3 is 0 Å². The van der Waals surface area contributed by atoms with Crippen molar-refractivity contribution in [2.24, 2.45) is 5.73 Å². The molecule has 60 valence electrons. The highest BCUT2D eigenvalue weighted by molar-refractivity contribution is 5.14. The fourth-order valence-corrected chi connectivity index (χ4v) is 0.883. The summed E-state index contributed by atoms with van der Waals surface area (Å²) < 4.78 is 12.9. The molecule has 0 aliphatic carbocycles. The van der Waals surface area contributed by atoms with Gasteiger partial charge in [-0.05, 0) is 25.1 Å². The first-order valence-electron chi connectivity index (χ1n) is 3.55. The van der Waals surface area contributed by atoms with Crippen molar-refractivity contribution in [1.29, 1.82) is 0 Å². The number of nitrogens with zero attached hydrogens (tertiary/aromatic N) is 1. The predicted octanol–water partition coefficient (Wildman–Crippen LogP) is 1.03. The van der Waals surface area contributed by atoms with Crippen LogP contribution in [-0.4, -0.2) is 11.5 Å². The maximum absolute atomic E-state index is 12.9. The molecular formula is C8H11FN2. The lowest BCUT2D eigenvalue weighted by atomic mass is 10.2. The van der Waals surface area contributed by atoms with Crippen molar-refractivity contribution in [3.63, 3.8) is 0 Å². The van der Waals surface area contributed by atoms with Crippen LogP contribution in [0, 0.1) is 12.7 Å². The van der Waals surface area contributed by atoms with E-state index < -0.39 is 0 Å². The largest absolute Gasteiger partial charge is 0.330 e. The number of halogens is 1. The number of aromatic nitrogens is 1. The lowest BCUT2D eigenvalue weighted by Gasteiger charge is -1.99. The van der Waals surface area contributed by atoms with Crippen LogP contribution in [-0.2, 0) is 6.42 Å². The fourth-order valence-electron chi connectivity index (χ4n) is 0.883. The average molecular weight is 154 g/mol. The molecule has 0 aliphatic heterocycles. The van der Waals surface area contributed by atoms with Crippen molar-refractivity contribution in [2.75, 3.05) is 6.54 Å². The topological polar surface area (TPSA) is 38.9 Å². The van der Waals surface area contributed by atoms with Crippen LogP contribution in [0.1, 0.15) is 11.3 Å². The molecule has 0 atom stereocenters. The molecule has 2 nitrogen and oxygen atoms in total. The summed E-state index contributed by atoms with van der Waals surface area (Å²) >= 11 is 0. The van der Waals surface area contributed by atoms with Crippen molar-refractivity contribution in [2.45, 2.75) is 13.3 Å². The summed E-state index contributed by atoms with van der Waals surface area (Å²) in [5, 5.41) is 0. The van der Waals surface area contributed by atoms with Gasteiger partial charge in [0.15, 0.2) is 0 Å². The zero-order valence-corrected chi connectivity index (χ0v) is 6.47. The van der Waals surface area contributed by atoms with Gasteiger partial charge < -0.3 is 5.73 Å². The molecule has 0 saturated carbocycles. The van der Waals surface area contributed by atoms with Gasteiger partial charge in [0.1, 0.15) is 5.82 Å². The van der Waals surface area contributed by atoms with Crippen LogP contribution in [0.3, 0.4) is 0 Å². The lowest BCUT2D eigenvalue weighted by Crippen LogP contribution is -2.06. The van der Waals surface area contributed by atoms with Gasteiger partial charge in [-0.25, -0.2) is 4.39 Å². The monoisotopic (exact) mass is 154 g/mol. The molecule has 3 heteroatoms. The minimum Gasteiger partial charge on any atom is -0.330 e. The van der Waals surface area contributed by atoms with E-state index in [1.807, 2.05) is 6.92 Å². The molecule has 1 rings (SSSR count). The fraction of sp³-hybridized carbons (Fsp3) is 0.375. The van der Waals surface area contributed by atoms with E-state index in [-0.39, 0.29) is 5.82 Å². The molecule has 1 aromatic rings. The first-order chi connectivity index (χ1) is 5.24. The highest BCUT2D eigenvalue weighted by Gasteiger charge is 2.01. The van der Waals surface area contributed by atoms with E-state index in [0.29, 0.717) is 18.7 Å². The molecule has 0 fully saturated rings. The zero-order valence-electron chi connectivity index (χ0n) is 6.47. The predicted molar refractivity (Wildman–Crippen MR) is 41.7 cm³/mol. The Labute approximate surface area is 65.3 Å². The van der Waals surface area contributed by atoms with Gasteiger partial charge in [0.05, 0.1) is 5.69 Å². The number of hydrogen-bond donors (Lipinski definition) is 1. The Morgan fingerprint density at radius 2 is 2.36 bits per heavy atom. The first kappa shape index (κ1) is 8.14. The van der Waals surface area contributed by atoms with Gasteiger partial charge in [0.2, 0.25) is 0 Å². The molecule has 0 amide bonds. The number of pyridine rings is 1. The van der Waals surface area contributed by atoms with Crippen LogP contribution in [0.15, 0.2) is 12.3 Å². The third-order valence-corrected chi connectivity index (χ3v) is 1.44. The lowest BCUT2D eigenvalue weighted by molar-refractivity contribution is 0.597. The molecule has 0 aliphatic rings. The Hall–Kier alpha value is -0.960. The van der Waals surface area contributed by atoms with E-state index in [9.17, 15) is 4.39 Å². The van der Waals surface area contributed by atoms with Crippen LogP contribution in [0.2, 0.25) is 0 Å². The van der Waals surface area contributed by atoms with Crippen molar-refractivity contribution >= 4 is 0 Å². The van der Waals surface area contributed by atoms with Crippen LogP contribution in [0.5, 0.6) is 0 Å². The average Bonchev–Trinajstić information content (AvgIpc) is 1.95. The molecule has 0 unspecified atom stereocenters. The smallest absolute Gasteiger partial charge is 0.144 e. The van der Waals surface area contributed by atoms with Crippen molar-refractivity contribution in [1.82, 2.24) is 4.98 Å². The van der Waals surface area contributed by atoms with E-state index in [4.69, 9.17) is 5.73 Å². The summed E-state index contributed by atoms with van der Waals surface area (Å²) in [6.45, 7) is 2.25. The van der Waals surface area contributed by atoms with E-state index in [2.05, 4.69) is 4.98 Å². The van der Waals surface area contributed by atoms with Gasteiger partial charge in [-0.1, -0.05) is 0 Å². The van der Waals surface area contributed by atoms with Crippen molar-refractivity contribution < 1.29 is 4.39 Å². The second kappa shape index (κ2) is 3.44. The van der Waals surface area contributed by atoms with Crippen molar-refractivity contribution in [3.8, 4) is 0 Å². The number of hydrogen-bond acceptors (Lipinski definition) is 2. The SMILES string of the molecule is Cc1cnc(CCN)c(F)c1. The van der Waals surface area contributed by atoms with Crippen molar-refractivity contribution in [3.05, 3.63) is 29.3 Å². The second-order valence-electron chi connectivity index (χ2n) is 2.48. The third-order valence-electron chi connectivity index (χ3n) is 1.44. The highest BCUT2D eigenvalue weighted by atomic mass is 19.1. The summed E-state index contributed by atoms with van der Waals surface area (Å²) in [7, 11) is 0. The minimum absolute atomic E-state index is 0.254. The Balaban J connectivity index is 2.90. The Bertz CT molecular complexity index is 248. The summed E-state index contributed by atoms with van der Waals surface area (Å²) in [4.78, 5) is 3.91. The molecule has 0 saturated heterocycles. The van der Waals surface area contributed by atoms with Crippen LogP contribution >= 0.6 is 0 Å². The summed E-state index contributed by atoms with van der Waals surface area (Å²) in [5.41, 5.74) is 6.55. The first-order valence-corrected chi connectivity index (χ1v) is 3.55. The zero-order chi connectivity index (χ0) is 8.27. The number of nitrogens with two attached hydrogens (primary N) is 1. The molecule has 0 radical (unpaired) electrons. The molecule has 1 heterocycles. The molecule has 1 aromatic heterocycles. The van der Waals surface area contributed by atoms with Crippen LogP contribution < -0.4 is 5.73 Å². The van der Waals surface area contributed by atoms with Gasteiger partial charge in [0.25, 0.3) is 0 Å². The molecule has 0 spiro atoms. The Kier molecular flexibility index (Phi) is 2.54. The molecule has 0 aromatic carbocycles. The molecule has 0 bridgehead atoms. The Morgan fingerprint density at radius 3 is 2.91 bits per heavy atom. The van der Waals surface area contributed by atoms with Crippen LogP contribution in [0.25, 0.3) is 0 Å². The highest BCUT2D eigenvalue weighted by Crippen LogP contribution is 2.05. The van der Waals surface area contributed by atoms with E-state index in [0.717, 1.165) is 5.56 Å². The van der Waals surface area contributed by atoms with E-state index in [1.54, 1.807) is 6.20 Å². The van der Waals surface area contributed by atoms with Gasteiger partial charge in [-0.15, -0.1) is 0 Å². The summed E-state index contributed by atoms with van der Waals surface area (Å²) in [6, 6.07) is 1.47. The van der Waals surface area contributed by atoms with E-state index >= 15 is 0 Å². The number of aryl methyl sites for hydroxylation is 1. The second-order valence-corrected chi connectivity index (χ2v) is 2.48.